The van der Waals surface area contributed by atoms with Crippen LogP contribution in [0.4, 0.5) is 0 Å². The predicted octanol–water partition coefficient (Wildman–Crippen LogP) is 17.5. The molecule has 11 rings (SSSR count). The fourth-order valence-corrected chi connectivity index (χ4v) is 8.21. The predicted molar refractivity (Wildman–Crippen MR) is 312 cm³/mol. The van der Waals surface area contributed by atoms with Crippen LogP contribution in [0.3, 0.4) is 0 Å². The van der Waals surface area contributed by atoms with Crippen molar-refractivity contribution in [3.63, 3.8) is 0 Å². The highest BCUT2D eigenvalue weighted by Crippen LogP contribution is 2.33. The average Bonchev–Trinajstić information content (AvgIpc) is 3.50. The van der Waals surface area contributed by atoms with Gasteiger partial charge in [-0.2, -0.15) is 9.98 Å². The zero-order chi connectivity index (χ0) is 54.3. The zero-order valence-electron chi connectivity index (χ0n) is 43.2. The Hall–Kier alpha value is -11.1. The van der Waals surface area contributed by atoms with Crippen molar-refractivity contribution in [3.8, 4) is 109 Å². The van der Waals surface area contributed by atoms with E-state index in [0.717, 1.165) is 44.5 Å². The third-order valence-electron chi connectivity index (χ3n) is 12.1. The Balaban J connectivity index is 0.769. The Labute approximate surface area is 462 Å². The molecule has 12 heteroatoms. The van der Waals surface area contributed by atoms with E-state index in [2.05, 4.69) is 55.8 Å². The van der Waals surface area contributed by atoms with Gasteiger partial charge in [0.15, 0.2) is 5.90 Å². The van der Waals surface area contributed by atoms with Gasteiger partial charge >= 0.3 is 24.1 Å². The van der Waals surface area contributed by atoms with E-state index >= 15 is 0 Å². The van der Waals surface area contributed by atoms with Crippen LogP contribution >= 0.6 is 0 Å². The minimum atomic E-state index is -0.0657. The van der Waals surface area contributed by atoms with Crippen molar-refractivity contribution in [1.82, 2.24) is 15.0 Å². The van der Waals surface area contributed by atoms with E-state index < -0.39 is 0 Å². The van der Waals surface area contributed by atoms with Crippen LogP contribution < -0.4 is 33.2 Å². The normalized spacial score (nSPS) is 11.3. The maximum Gasteiger partial charge on any atom is 0.331 e. The number of hydrogen-bond acceptors (Lipinski definition) is 11. The fourth-order valence-electron chi connectivity index (χ4n) is 8.21. The molecule has 0 saturated heterocycles. The maximum atomic E-state index is 6.22. The number of nitrogens with zero attached hydrogens (tertiary/aromatic N) is 5. The van der Waals surface area contributed by atoms with Crippen LogP contribution in [-0.2, 0) is 0 Å². The number of ether oxygens (including phenoxy) is 7. The third kappa shape index (κ3) is 13.8. The van der Waals surface area contributed by atoms with Crippen LogP contribution in [0.2, 0.25) is 0 Å². The van der Waals surface area contributed by atoms with E-state index in [9.17, 15) is 0 Å². The number of hydrogen-bond donors (Lipinski definition) is 0. The van der Waals surface area contributed by atoms with Crippen molar-refractivity contribution in [3.05, 3.63) is 279 Å². The quantitative estimate of drug-likeness (QED) is 0.0494. The molecule has 11 aromatic rings. The highest BCUT2D eigenvalue weighted by molar-refractivity contribution is 5.91. The van der Waals surface area contributed by atoms with Gasteiger partial charge in [-0.1, -0.05) is 170 Å². The summed E-state index contributed by atoms with van der Waals surface area (Å²) in [5.74, 6) is 4.41. The lowest BCUT2D eigenvalue weighted by atomic mass is 10.1. The van der Waals surface area contributed by atoms with Crippen molar-refractivity contribution in [2.24, 2.45) is 9.98 Å². The number of aliphatic imine (C=N–C) groups is 2. The maximum absolute atomic E-state index is 6.22. The highest BCUT2D eigenvalue weighted by Gasteiger charge is 2.15. The lowest BCUT2D eigenvalue weighted by Gasteiger charge is -2.11. The molecule has 12 nitrogen and oxygen atoms in total. The molecule has 388 valence electrons. The second-order valence-electron chi connectivity index (χ2n) is 17.8. The van der Waals surface area contributed by atoms with Crippen LogP contribution in [0.25, 0.3) is 44.5 Å². The van der Waals surface area contributed by atoms with Gasteiger partial charge in [0.25, 0.3) is 0 Å². The van der Waals surface area contributed by atoms with Crippen LogP contribution in [0.15, 0.2) is 289 Å². The largest absolute Gasteiger partial charge is 0.457 e. The van der Waals surface area contributed by atoms with E-state index in [-0.39, 0.29) is 35.8 Å². The number of aromatic nitrogens is 3. The molecule has 0 unspecified atom stereocenters. The smallest absolute Gasteiger partial charge is 0.331 e. The highest BCUT2D eigenvalue weighted by atomic mass is 16.5. The topological polar surface area (TPSA) is 128 Å². The van der Waals surface area contributed by atoms with E-state index in [1.165, 1.54) is 0 Å². The van der Waals surface area contributed by atoms with Gasteiger partial charge in [-0.3, -0.25) is 0 Å². The summed E-state index contributed by atoms with van der Waals surface area (Å²) < 4.78 is 43.0. The molecule has 0 amide bonds. The van der Waals surface area contributed by atoms with Crippen molar-refractivity contribution in [1.29, 1.82) is 0 Å². The van der Waals surface area contributed by atoms with Crippen LogP contribution in [0, 0.1) is 0 Å². The van der Waals surface area contributed by atoms with Gasteiger partial charge in [-0.25, -0.2) is 0 Å². The van der Waals surface area contributed by atoms with Crippen LogP contribution in [0.5, 0.6) is 64.0 Å². The minimum Gasteiger partial charge on any atom is -0.457 e. The lowest BCUT2D eigenvalue weighted by Crippen LogP contribution is -2.13. The molecule has 0 radical (unpaired) electrons. The van der Waals surface area contributed by atoms with Gasteiger partial charge in [-0.05, 0) is 148 Å². The molecule has 80 heavy (non-hydrogen) atoms. The first kappa shape index (κ1) is 51.0. The van der Waals surface area contributed by atoms with Gasteiger partial charge in [0.05, 0.1) is 0 Å². The molecule has 0 aliphatic carbocycles. The molecule has 1 aromatic heterocycles. The van der Waals surface area contributed by atoms with Crippen molar-refractivity contribution in [2.75, 3.05) is 0 Å². The fraction of sp³-hybridized carbons (Fsp3) is 0.0147. The Bertz CT molecular complexity index is 3770. The van der Waals surface area contributed by atoms with E-state index in [4.69, 9.17) is 33.2 Å². The summed E-state index contributed by atoms with van der Waals surface area (Å²) in [6.45, 7) is 5.76. The molecule has 1 heterocycles. The SMILES string of the molecule is C=C(/N=C(\N=C(/C)Oc1ccc(-c2ccccc2)cc1)Oc1ccc(Oc2ccc(Oc3nc(Oc4ccc(-c5ccccc5)cc4)nc(Oc4ccc(-c5ccccc5)cc4)n3)cc2)cc1)Oc1ccc(-c2ccccc2)cc1. The van der Waals surface area contributed by atoms with Gasteiger partial charge in [0.2, 0.25) is 5.88 Å². The number of rotatable bonds is 17. The minimum absolute atomic E-state index is 0.0207. The standard InChI is InChI=1S/C68H49N5O7/c1-47(74-57-31-23-53(24-32-57)49-15-7-3-8-16-49)69-65(70-48(2)75-58-33-25-54(26-34-58)50-17-9-4-10-18-50)77-63-43-39-59(40-44-63)76-60-41-45-64(46-42-60)80-68-72-66(78-61-35-27-55(28-36-61)51-19-11-5-12-20-51)71-67(73-68)79-62-37-29-56(30-38-62)52-21-13-6-14-22-52/h3-46H,1H2,2H3/b69-65+,70-48+. The zero-order valence-corrected chi connectivity index (χ0v) is 43.2. The monoisotopic (exact) mass is 1050 g/mol. The Morgan fingerprint density at radius 1 is 0.275 bits per heavy atom. The second-order valence-corrected chi connectivity index (χ2v) is 17.8. The molecule has 0 bridgehead atoms. The third-order valence-corrected chi connectivity index (χ3v) is 12.1. The Kier molecular flexibility index (Phi) is 15.8. The summed E-state index contributed by atoms with van der Waals surface area (Å²) in [4.78, 5) is 22.6. The summed E-state index contributed by atoms with van der Waals surface area (Å²) in [7, 11) is 0. The first-order valence-electron chi connectivity index (χ1n) is 25.5. The second kappa shape index (κ2) is 24.7. The molecule has 0 N–H and O–H groups in total. The van der Waals surface area contributed by atoms with Gasteiger partial charge in [0.1, 0.15) is 46.0 Å². The molecule has 0 fully saturated rings. The van der Waals surface area contributed by atoms with Crippen LogP contribution in [0.1, 0.15) is 6.92 Å². The van der Waals surface area contributed by atoms with E-state index in [1.807, 2.05) is 194 Å². The Morgan fingerprint density at radius 2 is 0.525 bits per heavy atom. The molecule has 10 aromatic carbocycles. The molecule has 0 atom stereocenters. The molecule has 0 spiro atoms. The molecular weight excluding hydrogens is 999 g/mol. The van der Waals surface area contributed by atoms with Crippen molar-refractivity contribution < 1.29 is 33.2 Å². The average molecular weight is 1050 g/mol. The molecule has 0 saturated carbocycles. The van der Waals surface area contributed by atoms with E-state index in [0.29, 0.717) is 46.0 Å². The summed E-state index contributed by atoms with van der Waals surface area (Å²) in [6.07, 6.45) is 0. The summed E-state index contributed by atoms with van der Waals surface area (Å²) in [6, 6.07) is 84.9. The number of amidine groups is 1. The Morgan fingerprint density at radius 3 is 0.863 bits per heavy atom. The van der Waals surface area contributed by atoms with Crippen LogP contribution in [-0.4, -0.2) is 26.9 Å². The van der Waals surface area contributed by atoms with Gasteiger partial charge in [-0.15, -0.1) is 15.0 Å². The number of benzene rings is 10. The van der Waals surface area contributed by atoms with Gasteiger partial charge < -0.3 is 33.2 Å². The summed E-state index contributed by atoms with van der Waals surface area (Å²) in [5, 5.41) is 0. The first-order valence-corrected chi connectivity index (χ1v) is 25.5. The van der Waals surface area contributed by atoms with Crippen molar-refractivity contribution >= 4 is 11.9 Å². The molecule has 0 aliphatic heterocycles. The molecular formula is C68H49N5O7. The summed E-state index contributed by atoms with van der Waals surface area (Å²) >= 11 is 0. The lowest BCUT2D eigenvalue weighted by molar-refractivity contribution is 0.362. The van der Waals surface area contributed by atoms with Crippen molar-refractivity contribution in [2.45, 2.75) is 6.92 Å². The van der Waals surface area contributed by atoms with Gasteiger partial charge in [0, 0.05) is 6.92 Å². The first-order chi connectivity index (χ1) is 39.3. The molecule has 0 aliphatic rings. The summed E-state index contributed by atoms with van der Waals surface area (Å²) in [5.41, 5.74) is 8.54. The van der Waals surface area contributed by atoms with E-state index in [1.54, 1.807) is 55.5 Å².